The lowest BCUT2D eigenvalue weighted by molar-refractivity contribution is -0.167. The summed E-state index contributed by atoms with van der Waals surface area (Å²) in [4.78, 5) is 12.4. The zero-order valence-electron chi connectivity index (χ0n) is 17.9. The van der Waals surface area contributed by atoms with Gasteiger partial charge in [-0.3, -0.25) is 4.79 Å². The van der Waals surface area contributed by atoms with Gasteiger partial charge < -0.3 is 14.9 Å². The molecule has 0 saturated heterocycles. The third-order valence-corrected chi connectivity index (χ3v) is 5.59. The second kappa shape index (κ2) is 11.6. The Bertz CT molecular complexity index is 569. The number of allylic oxidation sites excluding steroid dienone is 6. The van der Waals surface area contributed by atoms with E-state index < -0.39 is 18.3 Å². The first-order valence-corrected chi connectivity index (χ1v) is 10.1. The summed E-state index contributed by atoms with van der Waals surface area (Å²) in [7, 11) is 1.41. The van der Waals surface area contributed by atoms with Crippen LogP contribution in [0.4, 0.5) is 0 Å². The minimum absolute atomic E-state index is 0.223. The van der Waals surface area contributed by atoms with Crippen molar-refractivity contribution in [2.24, 2.45) is 11.8 Å². The lowest BCUT2D eigenvalue weighted by Crippen LogP contribution is -2.56. The van der Waals surface area contributed by atoms with Gasteiger partial charge in [0.05, 0.1) is 6.10 Å². The zero-order valence-corrected chi connectivity index (χ0v) is 17.9. The molecule has 1 saturated carbocycles. The molecule has 27 heavy (non-hydrogen) atoms. The molecular weight excluding hydrogens is 340 g/mol. The molecule has 5 atom stereocenters. The predicted octanol–water partition coefficient (Wildman–Crippen LogP) is 4.37. The Hall–Kier alpha value is -1.23. The fourth-order valence-electron chi connectivity index (χ4n) is 3.63. The molecule has 0 radical (unpaired) electrons. The van der Waals surface area contributed by atoms with Crippen molar-refractivity contribution in [2.75, 3.05) is 7.11 Å². The van der Waals surface area contributed by atoms with Gasteiger partial charge in [0.1, 0.15) is 12.2 Å². The number of aliphatic hydroxyl groups excluding tert-OH is 2. The average molecular weight is 379 g/mol. The van der Waals surface area contributed by atoms with Crippen LogP contribution in [0.2, 0.25) is 0 Å². The van der Waals surface area contributed by atoms with Crippen molar-refractivity contribution in [3.05, 3.63) is 34.9 Å². The summed E-state index contributed by atoms with van der Waals surface area (Å²) in [5.41, 5.74) is 4.01. The molecule has 0 aromatic rings. The Morgan fingerprint density at radius 2 is 1.56 bits per heavy atom. The first kappa shape index (κ1) is 23.8. The lowest BCUT2D eigenvalue weighted by Gasteiger charge is -2.39. The van der Waals surface area contributed by atoms with E-state index in [0.29, 0.717) is 6.42 Å². The molecule has 0 heterocycles. The topological polar surface area (TPSA) is 66.8 Å². The highest BCUT2D eigenvalue weighted by molar-refractivity contribution is 5.87. The molecule has 1 aliphatic carbocycles. The standard InChI is InChI=1S/C23H38O4/c1-15(2)9-7-10-16(3)11-8-12-17(4)13-14-19-18(5)20(24)23(27-6)22(26)21(19)25/h9,11,13,18-20,22-24,26H,7-8,10,12,14H2,1-6H3/b16-11?,17-13+. The van der Waals surface area contributed by atoms with Crippen LogP contribution in [0.1, 0.15) is 66.7 Å². The number of ketones is 1. The van der Waals surface area contributed by atoms with Crippen LogP contribution in [-0.2, 0) is 9.53 Å². The van der Waals surface area contributed by atoms with Crippen molar-refractivity contribution in [1.82, 2.24) is 0 Å². The van der Waals surface area contributed by atoms with Crippen molar-refractivity contribution in [3.63, 3.8) is 0 Å². The molecule has 0 spiro atoms. The zero-order chi connectivity index (χ0) is 20.6. The van der Waals surface area contributed by atoms with Gasteiger partial charge in [0.2, 0.25) is 0 Å². The second-order valence-electron chi connectivity index (χ2n) is 8.20. The molecule has 0 amide bonds. The van der Waals surface area contributed by atoms with E-state index in [4.69, 9.17) is 4.74 Å². The van der Waals surface area contributed by atoms with Crippen molar-refractivity contribution in [3.8, 4) is 0 Å². The highest BCUT2D eigenvalue weighted by atomic mass is 16.5. The molecule has 4 heteroatoms. The summed E-state index contributed by atoms with van der Waals surface area (Å²) in [5, 5.41) is 20.4. The van der Waals surface area contributed by atoms with E-state index in [9.17, 15) is 15.0 Å². The number of hydrogen-bond donors (Lipinski definition) is 2. The van der Waals surface area contributed by atoms with Crippen molar-refractivity contribution < 1.29 is 19.7 Å². The number of carbonyl (C=O) groups excluding carboxylic acids is 1. The number of rotatable bonds is 9. The van der Waals surface area contributed by atoms with Gasteiger partial charge >= 0.3 is 0 Å². The van der Waals surface area contributed by atoms with Crippen molar-refractivity contribution in [1.29, 1.82) is 0 Å². The maximum atomic E-state index is 12.4. The lowest BCUT2D eigenvalue weighted by atomic mass is 9.72. The Labute approximate surface area is 165 Å². The summed E-state index contributed by atoms with van der Waals surface area (Å²) < 4.78 is 5.10. The molecule has 0 aliphatic heterocycles. The molecule has 1 rings (SSSR count). The Morgan fingerprint density at radius 3 is 2.11 bits per heavy atom. The van der Waals surface area contributed by atoms with Crippen LogP contribution < -0.4 is 0 Å². The third-order valence-electron chi connectivity index (χ3n) is 5.59. The van der Waals surface area contributed by atoms with E-state index in [1.54, 1.807) is 0 Å². The second-order valence-corrected chi connectivity index (χ2v) is 8.20. The van der Waals surface area contributed by atoms with Gasteiger partial charge in [-0.05, 0) is 65.7 Å². The van der Waals surface area contributed by atoms with Crippen LogP contribution in [0.3, 0.4) is 0 Å². The molecule has 2 N–H and O–H groups in total. The maximum Gasteiger partial charge on any atom is 0.167 e. The normalized spacial score (nSPS) is 29.8. The van der Waals surface area contributed by atoms with E-state index in [-0.39, 0.29) is 17.6 Å². The maximum absolute atomic E-state index is 12.4. The molecule has 0 aromatic carbocycles. The summed E-state index contributed by atoms with van der Waals surface area (Å²) in [5.74, 6) is -0.816. The van der Waals surface area contributed by atoms with Crippen molar-refractivity contribution >= 4 is 5.78 Å². The number of hydrogen-bond acceptors (Lipinski definition) is 4. The van der Waals surface area contributed by atoms with E-state index in [1.807, 2.05) is 6.92 Å². The van der Waals surface area contributed by atoms with E-state index >= 15 is 0 Å². The molecule has 154 valence electrons. The number of aliphatic hydroxyl groups is 2. The van der Waals surface area contributed by atoms with Gasteiger partial charge in [-0.25, -0.2) is 0 Å². The van der Waals surface area contributed by atoms with Gasteiger partial charge in [-0.2, -0.15) is 0 Å². The quantitative estimate of drug-likeness (QED) is 0.585. The first-order chi connectivity index (χ1) is 12.7. The minimum Gasteiger partial charge on any atom is -0.390 e. The number of methoxy groups -OCH3 is 1. The Kier molecular flexibility index (Phi) is 10.2. The van der Waals surface area contributed by atoms with Crippen LogP contribution in [0.15, 0.2) is 34.9 Å². The largest absolute Gasteiger partial charge is 0.390 e. The monoisotopic (exact) mass is 378 g/mol. The molecule has 0 aromatic heterocycles. The van der Waals surface area contributed by atoms with Crippen LogP contribution in [0.5, 0.6) is 0 Å². The van der Waals surface area contributed by atoms with Crippen molar-refractivity contribution in [2.45, 2.75) is 85.0 Å². The first-order valence-electron chi connectivity index (χ1n) is 10.1. The smallest absolute Gasteiger partial charge is 0.167 e. The van der Waals surface area contributed by atoms with E-state index in [1.165, 1.54) is 23.8 Å². The van der Waals surface area contributed by atoms with Crippen LogP contribution in [0, 0.1) is 11.8 Å². The van der Waals surface area contributed by atoms with Gasteiger partial charge in [-0.1, -0.05) is 41.9 Å². The summed E-state index contributed by atoms with van der Waals surface area (Å²) in [6.07, 6.45) is 8.44. The highest BCUT2D eigenvalue weighted by Gasteiger charge is 2.46. The van der Waals surface area contributed by atoms with E-state index in [2.05, 4.69) is 45.9 Å². The minimum atomic E-state index is -1.24. The molecule has 0 bridgehead atoms. The molecule has 5 unspecified atom stereocenters. The predicted molar refractivity (Wildman–Crippen MR) is 111 cm³/mol. The average Bonchev–Trinajstić information content (AvgIpc) is 2.60. The summed E-state index contributed by atoms with van der Waals surface area (Å²) >= 11 is 0. The number of ether oxygens (including phenoxy) is 1. The fraction of sp³-hybridized carbons (Fsp3) is 0.696. The highest BCUT2D eigenvalue weighted by Crippen LogP contribution is 2.32. The Balaban J connectivity index is 2.53. The fourth-order valence-corrected chi connectivity index (χ4v) is 3.63. The summed E-state index contributed by atoms with van der Waals surface area (Å²) in [6.45, 7) is 10.4. The number of carbonyl (C=O) groups is 1. The summed E-state index contributed by atoms with van der Waals surface area (Å²) in [6, 6.07) is 0. The van der Waals surface area contributed by atoms with E-state index in [0.717, 1.165) is 25.7 Å². The SMILES string of the molecule is COC1C(O)C(=O)C(C/C=C(\C)CCC=C(C)CCC=C(C)C)C(C)C1O. The van der Waals surface area contributed by atoms with Gasteiger partial charge in [0.25, 0.3) is 0 Å². The molecule has 1 aliphatic rings. The van der Waals surface area contributed by atoms with Gasteiger partial charge in [0, 0.05) is 13.0 Å². The van der Waals surface area contributed by atoms with Gasteiger partial charge in [-0.15, -0.1) is 0 Å². The Morgan fingerprint density at radius 1 is 1.00 bits per heavy atom. The number of Topliss-reactive ketones (excluding diaryl/α,β-unsaturated/α-hetero) is 1. The molecule has 4 nitrogen and oxygen atoms in total. The van der Waals surface area contributed by atoms with Crippen LogP contribution in [-0.4, -0.2) is 41.4 Å². The van der Waals surface area contributed by atoms with Gasteiger partial charge in [0.15, 0.2) is 5.78 Å². The molecular formula is C23H38O4. The van der Waals surface area contributed by atoms with Crippen LogP contribution in [0.25, 0.3) is 0 Å². The van der Waals surface area contributed by atoms with Crippen LogP contribution >= 0.6 is 0 Å². The third kappa shape index (κ3) is 7.36. The molecule has 1 fully saturated rings.